The summed E-state index contributed by atoms with van der Waals surface area (Å²) in [6.07, 6.45) is -3.28. The highest BCUT2D eigenvalue weighted by atomic mass is 32.2. The predicted octanol–water partition coefficient (Wildman–Crippen LogP) is 1.99. The highest BCUT2D eigenvalue weighted by Crippen LogP contribution is 2.26. The Hall–Kier alpha value is -1.54. The first-order chi connectivity index (χ1) is 9.25. The number of ether oxygens (including phenoxy) is 1. The van der Waals surface area contributed by atoms with Gasteiger partial charge in [0.25, 0.3) is 0 Å². The van der Waals surface area contributed by atoms with Crippen LogP contribution >= 0.6 is 0 Å². The van der Waals surface area contributed by atoms with Crippen LogP contribution in [0, 0.1) is 0 Å². The van der Waals surface area contributed by atoms with E-state index in [0.29, 0.717) is 5.56 Å². The van der Waals surface area contributed by atoms with Gasteiger partial charge >= 0.3 is 6.36 Å². The summed E-state index contributed by atoms with van der Waals surface area (Å²) in [6, 6.07) is 5.32. The molecule has 0 saturated carbocycles. The van der Waals surface area contributed by atoms with Crippen molar-refractivity contribution < 1.29 is 26.3 Å². The normalized spacial score (nSPS) is 21.1. The zero-order valence-corrected chi connectivity index (χ0v) is 11.0. The molecule has 1 heterocycles. The van der Waals surface area contributed by atoms with Gasteiger partial charge in [0.15, 0.2) is 9.84 Å². The van der Waals surface area contributed by atoms with E-state index in [4.69, 9.17) is 0 Å². The maximum atomic E-state index is 12.2. The molecule has 0 radical (unpaired) electrons. The third-order valence-electron chi connectivity index (χ3n) is 2.68. The Balaban J connectivity index is 2.02. The molecule has 2 rings (SSSR count). The number of para-hydroxylation sites is 1. The number of sulfone groups is 1. The first-order valence-corrected chi connectivity index (χ1v) is 7.45. The lowest BCUT2D eigenvalue weighted by Crippen LogP contribution is -2.30. The van der Waals surface area contributed by atoms with Crippen molar-refractivity contribution >= 4 is 9.84 Å². The van der Waals surface area contributed by atoms with Gasteiger partial charge in [0.1, 0.15) is 5.75 Å². The Morgan fingerprint density at radius 3 is 2.60 bits per heavy atom. The Kier molecular flexibility index (Phi) is 4.05. The molecule has 1 aromatic carbocycles. The number of rotatable bonds is 4. The van der Waals surface area contributed by atoms with Crippen LogP contribution < -0.4 is 10.1 Å². The number of nitrogens with one attached hydrogen (secondary N) is 1. The summed E-state index contributed by atoms with van der Waals surface area (Å²) in [7, 11) is -3.19. The van der Waals surface area contributed by atoms with Crippen LogP contribution in [0.3, 0.4) is 0 Å². The summed E-state index contributed by atoms with van der Waals surface area (Å²) in [5.41, 5.74) is 0.308. The average Bonchev–Trinajstić information content (AvgIpc) is 2.66. The molecule has 4 nitrogen and oxygen atoms in total. The molecule has 1 aliphatic rings. The van der Waals surface area contributed by atoms with Crippen LogP contribution in [0.4, 0.5) is 13.2 Å². The number of alkyl halides is 3. The molecular formula is C12H12F3NO3S. The third kappa shape index (κ3) is 4.24. The van der Waals surface area contributed by atoms with E-state index >= 15 is 0 Å². The maximum Gasteiger partial charge on any atom is 0.573 e. The van der Waals surface area contributed by atoms with Gasteiger partial charge in [0.2, 0.25) is 0 Å². The summed E-state index contributed by atoms with van der Waals surface area (Å²) in [6.45, 7) is 0.0801. The zero-order chi connectivity index (χ0) is 14.8. The number of halogens is 3. The minimum Gasteiger partial charge on any atom is -0.405 e. The molecule has 0 aliphatic carbocycles. The van der Waals surface area contributed by atoms with E-state index < -0.39 is 22.2 Å². The van der Waals surface area contributed by atoms with Crippen LogP contribution in [-0.2, 0) is 16.4 Å². The molecular weight excluding hydrogens is 295 g/mol. The minimum absolute atomic E-state index is 0.0801. The van der Waals surface area contributed by atoms with Gasteiger partial charge in [-0.25, -0.2) is 8.42 Å². The predicted molar refractivity (Wildman–Crippen MR) is 66.7 cm³/mol. The van der Waals surface area contributed by atoms with E-state index in [0.717, 1.165) is 5.41 Å². The Morgan fingerprint density at radius 2 is 2.00 bits per heavy atom. The van der Waals surface area contributed by atoms with Crippen molar-refractivity contribution in [3.05, 3.63) is 41.3 Å². The fourth-order valence-electron chi connectivity index (χ4n) is 1.82. The largest absolute Gasteiger partial charge is 0.573 e. The highest BCUT2D eigenvalue weighted by molar-refractivity contribution is 7.94. The zero-order valence-electron chi connectivity index (χ0n) is 10.2. The van der Waals surface area contributed by atoms with Crippen molar-refractivity contribution in [3.63, 3.8) is 0 Å². The molecule has 0 bridgehead atoms. The van der Waals surface area contributed by atoms with E-state index in [9.17, 15) is 21.6 Å². The number of hydrogen-bond acceptors (Lipinski definition) is 4. The second kappa shape index (κ2) is 5.45. The summed E-state index contributed by atoms with van der Waals surface area (Å²) >= 11 is 0. The van der Waals surface area contributed by atoms with Gasteiger partial charge in [-0.2, -0.15) is 0 Å². The molecule has 20 heavy (non-hydrogen) atoms. The van der Waals surface area contributed by atoms with Crippen LogP contribution in [0.15, 0.2) is 35.7 Å². The summed E-state index contributed by atoms with van der Waals surface area (Å²) < 4.78 is 63.0. The minimum atomic E-state index is -4.76. The van der Waals surface area contributed by atoms with E-state index in [1.54, 1.807) is 6.07 Å². The van der Waals surface area contributed by atoms with Gasteiger partial charge in [-0.15, -0.1) is 13.2 Å². The van der Waals surface area contributed by atoms with E-state index in [2.05, 4.69) is 10.1 Å². The molecule has 1 aromatic rings. The van der Waals surface area contributed by atoms with Gasteiger partial charge in [0, 0.05) is 23.6 Å². The van der Waals surface area contributed by atoms with Crippen LogP contribution in [0.1, 0.15) is 5.56 Å². The molecule has 0 spiro atoms. The van der Waals surface area contributed by atoms with Gasteiger partial charge < -0.3 is 10.1 Å². The first kappa shape index (κ1) is 14.9. The standard InChI is InChI=1S/C12H12F3NO3S/c13-12(14,15)19-11-4-2-1-3-9(11)7-16-10-5-6-20(17,18)8-10/h1-6,10,16H,7-8H2. The lowest BCUT2D eigenvalue weighted by molar-refractivity contribution is -0.274. The second-order valence-corrected chi connectivity index (χ2v) is 6.23. The third-order valence-corrected chi connectivity index (χ3v) is 4.08. The molecule has 0 aromatic heterocycles. The van der Waals surface area contributed by atoms with Gasteiger partial charge in [-0.05, 0) is 6.07 Å². The number of hydrogen-bond donors (Lipinski definition) is 1. The monoisotopic (exact) mass is 307 g/mol. The van der Waals surface area contributed by atoms with E-state index in [1.807, 2.05) is 0 Å². The van der Waals surface area contributed by atoms with Crippen molar-refractivity contribution in [1.82, 2.24) is 5.32 Å². The molecule has 110 valence electrons. The molecule has 0 amide bonds. The smallest absolute Gasteiger partial charge is 0.405 e. The highest BCUT2D eigenvalue weighted by Gasteiger charge is 2.32. The Morgan fingerprint density at radius 1 is 1.30 bits per heavy atom. The van der Waals surface area contributed by atoms with Crippen molar-refractivity contribution in [3.8, 4) is 5.75 Å². The molecule has 0 saturated heterocycles. The van der Waals surface area contributed by atoms with Crippen LogP contribution in [0.25, 0.3) is 0 Å². The van der Waals surface area contributed by atoms with E-state index in [1.165, 1.54) is 24.3 Å². The van der Waals surface area contributed by atoms with Gasteiger partial charge in [0.05, 0.1) is 5.75 Å². The molecule has 1 N–H and O–H groups in total. The van der Waals surface area contributed by atoms with Gasteiger partial charge in [-0.1, -0.05) is 24.3 Å². The van der Waals surface area contributed by atoms with Crippen LogP contribution in [0.2, 0.25) is 0 Å². The van der Waals surface area contributed by atoms with Gasteiger partial charge in [-0.3, -0.25) is 0 Å². The molecule has 1 atom stereocenters. The molecule has 1 unspecified atom stereocenters. The Bertz CT molecular complexity index is 611. The fourth-order valence-corrected chi connectivity index (χ4v) is 3.09. The summed E-state index contributed by atoms with van der Waals surface area (Å²) in [5.74, 6) is -0.382. The lowest BCUT2D eigenvalue weighted by Gasteiger charge is -2.15. The van der Waals surface area contributed by atoms with Crippen molar-refractivity contribution in [2.45, 2.75) is 18.9 Å². The van der Waals surface area contributed by atoms with Crippen molar-refractivity contribution in [2.24, 2.45) is 0 Å². The maximum absolute atomic E-state index is 12.2. The van der Waals surface area contributed by atoms with Crippen molar-refractivity contribution in [1.29, 1.82) is 0 Å². The fraction of sp³-hybridized carbons (Fsp3) is 0.333. The second-order valence-electron chi connectivity index (χ2n) is 4.30. The van der Waals surface area contributed by atoms with Crippen LogP contribution in [-0.4, -0.2) is 26.6 Å². The van der Waals surface area contributed by atoms with Crippen LogP contribution in [0.5, 0.6) is 5.75 Å². The average molecular weight is 307 g/mol. The molecule has 0 fully saturated rings. The molecule has 1 aliphatic heterocycles. The van der Waals surface area contributed by atoms with Crippen molar-refractivity contribution in [2.75, 3.05) is 5.75 Å². The summed E-state index contributed by atoms with van der Waals surface area (Å²) in [4.78, 5) is 0. The summed E-state index contributed by atoms with van der Waals surface area (Å²) in [5, 5.41) is 3.97. The quantitative estimate of drug-likeness (QED) is 0.924. The topological polar surface area (TPSA) is 55.4 Å². The van der Waals surface area contributed by atoms with E-state index in [-0.39, 0.29) is 18.0 Å². The number of benzene rings is 1. The molecule has 8 heteroatoms. The SMILES string of the molecule is O=S1(=O)C=CC(NCc2ccccc2OC(F)(F)F)C1. The lowest BCUT2D eigenvalue weighted by atomic mass is 10.2. The first-order valence-electron chi connectivity index (χ1n) is 5.73. The Labute approximate surface area is 114 Å².